The third-order valence-electron chi connectivity index (χ3n) is 1.61. The first kappa shape index (κ1) is 9.67. The zero-order valence-corrected chi connectivity index (χ0v) is 6.77. The maximum Gasteiger partial charge on any atom is 0.369 e. The number of hydrogen-bond acceptors (Lipinski definition) is 2. The van der Waals surface area contributed by atoms with Crippen LogP contribution in [-0.2, 0) is 11.2 Å². The Morgan fingerprint density at radius 3 is 2.38 bits per heavy atom. The van der Waals surface area contributed by atoms with Crippen LogP contribution in [0.3, 0.4) is 0 Å². The average Bonchev–Trinajstić information content (AvgIpc) is 2.05. The maximum absolute atomic E-state index is 12.9. The molecule has 2 N–H and O–H groups in total. The summed E-state index contributed by atoms with van der Waals surface area (Å²) >= 11 is 0. The Balaban J connectivity index is 2.75. The number of halogens is 1. The minimum atomic E-state index is -3.18. The highest BCUT2D eigenvalue weighted by Crippen LogP contribution is 2.14. The van der Waals surface area contributed by atoms with E-state index in [4.69, 9.17) is 10.2 Å². The molecule has 0 fully saturated rings. The molecule has 0 saturated carbocycles. The molecule has 0 aliphatic carbocycles. The Labute approximate surface area is 74.4 Å². The fraction of sp³-hybridized carbons (Fsp3) is 0.222. The van der Waals surface area contributed by atoms with Gasteiger partial charge in [0.25, 0.3) is 0 Å². The van der Waals surface area contributed by atoms with E-state index in [1.165, 1.54) is 0 Å². The molecular formula is C9H9FO3. The zero-order chi connectivity index (χ0) is 9.90. The Morgan fingerprint density at radius 2 is 1.92 bits per heavy atom. The van der Waals surface area contributed by atoms with Crippen LogP contribution in [0.5, 0.6) is 0 Å². The van der Waals surface area contributed by atoms with Gasteiger partial charge in [0.2, 0.25) is 0 Å². The van der Waals surface area contributed by atoms with Crippen molar-refractivity contribution in [2.24, 2.45) is 0 Å². The van der Waals surface area contributed by atoms with Crippen LogP contribution in [0.2, 0.25) is 0 Å². The van der Waals surface area contributed by atoms with Gasteiger partial charge in [0, 0.05) is 6.42 Å². The number of rotatable bonds is 3. The predicted molar refractivity (Wildman–Crippen MR) is 43.8 cm³/mol. The first-order chi connectivity index (χ1) is 6.02. The normalized spacial score (nSPS) is 14.9. The van der Waals surface area contributed by atoms with Crippen LogP contribution in [0.4, 0.5) is 4.39 Å². The second-order valence-electron chi connectivity index (χ2n) is 2.73. The van der Waals surface area contributed by atoms with Crippen LogP contribution in [0.15, 0.2) is 30.3 Å². The highest BCUT2D eigenvalue weighted by Gasteiger charge is 2.35. The molecule has 1 aromatic carbocycles. The van der Waals surface area contributed by atoms with Gasteiger partial charge in [-0.15, -0.1) is 0 Å². The minimum absolute atomic E-state index is 0.440. The highest BCUT2D eigenvalue weighted by atomic mass is 19.2. The summed E-state index contributed by atoms with van der Waals surface area (Å²) in [7, 11) is 0. The van der Waals surface area contributed by atoms with Gasteiger partial charge in [-0.05, 0) is 5.56 Å². The van der Waals surface area contributed by atoms with E-state index in [-0.39, 0.29) is 0 Å². The van der Waals surface area contributed by atoms with Gasteiger partial charge < -0.3 is 10.2 Å². The zero-order valence-electron chi connectivity index (χ0n) is 6.77. The van der Waals surface area contributed by atoms with Gasteiger partial charge in [0.15, 0.2) is 0 Å². The topological polar surface area (TPSA) is 57.5 Å². The van der Waals surface area contributed by atoms with E-state index in [2.05, 4.69) is 0 Å². The van der Waals surface area contributed by atoms with Gasteiger partial charge in [-0.25, -0.2) is 4.79 Å². The monoisotopic (exact) mass is 184 g/mol. The number of hydrogen-bond donors (Lipinski definition) is 2. The lowest BCUT2D eigenvalue weighted by Gasteiger charge is -2.12. The first-order valence-electron chi connectivity index (χ1n) is 3.71. The summed E-state index contributed by atoms with van der Waals surface area (Å²) in [6, 6.07) is 8.11. The lowest BCUT2D eigenvalue weighted by Crippen LogP contribution is -2.35. The third kappa shape index (κ3) is 2.52. The standard InChI is InChI=1S/C9H9FO3/c10-9(13,8(11)12)6-7-4-2-1-3-5-7/h1-5,13H,6H2,(H,11,12)/t9-/m0/s1. The molecule has 0 unspecified atom stereocenters. The molecule has 0 saturated heterocycles. The number of carbonyl (C=O) groups is 1. The molecule has 0 radical (unpaired) electrons. The third-order valence-corrected chi connectivity index (χ3v) is 1.61. The quantitative estimate of drug-likeness (QED) is 0.735. The van der Waals surface area contributed by atoms with Crippen LogP contribution < -0.4 is 0 Å². The van der Waals surface area contributed by atoms with E-state index >= 15 is 0 Å². The molecule has 1 aromatic rings. The molecule has 13 heavy (non-hydrogen) atoms. The molecule has 70 valence electrons. The predicted octanol–water partition coefficient (Wildman–Crippen LogP) is 0.972. The van der Waals surface area contributed by atoms with Gasteiger partial charge in [0.05, 0.1) is 0 Å². The van der Waals surface area contributed by atoms with Crippen molar-refractivity contribution in [2.45, 2.75) is 12.3 Å². The van der Waals surface area contributed by atoms with Crippen molar-refractivity contribution in [1.29, 1.82) is 0 Å². The van der Waals surface area contributed by atoms with Gasteiger partial charge in [-0.1, -0.05) is 30.3 Å². The molecule has 1 rings (SSSR count). The van der Waals surface area contributed by atoms with Gasteiger partial charge in [-0.2, -0.15) is 4.39 Å². The Bertz CT molecular complexity index is 295. The Morgan fingerprint density at radius 1 is 1.38 bits per heavy atom. The molecule has 0 spiro atoms. The van der Waals surface area contributed by atoms with Crippen molar-refractivity contribution < 1.29 is 19.4 Å². The smallest absolute Gasteiger partial charge is 0.369 e. The SMILES string of the molecule is O=C(O)[C@](O)(F)Cc1ccccc1. The molecule has 0 amide bonds. The number of benzene rings is 1. The van der Waals surface area contributed by atoms with Gasteiger partial charge in [-0.3, -0.25) is 0 Å². The molecule has 1 atom stereocenters. The van der Waals surface area contributed by atoms with E-state index < -0.39 is 18.2 Å². The van der Waals surface area contributed by atoms with Crippen molar-refractivity contribution in [2.75, 3.05) is 0 Å². The Kier molecular flexibility index (Phi) is 2.63. The van der Waals surface area contributed by atoms with E-state index in [0.29, 0.717) is 5.56 Å². The summed E-state index contributed by atoms with van der Waals surface area (Å²) in [5, 5.41) is 17.1. The van der Waals surface area contributed by atoms with Gasteiger partial charge in [0.1, 0.15) is 0 Å². The molecule has 4 heteroatoms. The van der Waals surface area contributed by atoms with Crippen molar-refractivity contribution in [3.63, 3.8) is 0 Å². The fourth-order valence-corrected chi connectivity index (χ4v) is 0.942. The van der Waals surface area contributed by atoms with E-state index in [9.17, 15) is 9.18 Å². The largest absolute Gasteiger partial charge is 0.477 e. The van der Waals surface area contributed by atoms with Crippen LogP contribution in [0.1, 0.15) is 5.56 Å². The lowest BCUT2D eigenvalue weighted by atomic mass is 10.1. The summed E-state index contributed by atoms with van der Waals surface area (Å²) in [6.45, 7) is 0. The molecular weight excluding hydrogens is 175 g/mol. The van der Waals surface area contributed by atoms with Crippen LogP contribution in [-0.4, -0.2) is 22.0 Å². The van der Waals surface area contributed by atoms with Crippen LogP contribution in [0, 0.1) is 0 Å². The van der Waals surface area contributed by atoms with Crippen LogP contribution >= 0.6 is 0 Å². The number of alkyl halides is 1. The average molecular weight is 184 g/mol. The molecule has 0 aromatic heterocycles. The maximum atomic E-state index is 12.9. The first-order valence-corrected chi connectivity index (χ1v) is 3.71. The lowest BCUT2D eigenvalue weighted by molar-refractivity contribution is -0.179. The van der Waals surface area contributed by atoms with E-state index in [1.54, 1.807) is 30.3 Å². The number of carboxylic acids is 1. The molecule has 0 heterocycles. The van der Waals surface area contributed by atoms with Crippen molar-refractivity contribution in [3.8, 4) is 0 Å². The Hall–Kier alpha value is -1.42. The molecule has 0 aliphatic rings. The number of aliphatic carboxylic acids is 1. The minimum Gasteiger partial charge on any atom is -0.477 e. The fourth-order valence-electron chi connectivity index (χ4n) is 0.942. The summed E-state index contributed by atoms with van der Waals surface area (Å²) in [4.78, 5) is 10.2. The molecule has 3 nitrogen and oxygen atoms in total. The second-order valence-corrected chi connectivity index (χ2v) is 2.73. The summed E-state index contributed by atoms with van der Waals surface area (Å²) < 4.78 is 12.9. The summed E-state index contributed by atoms with van der Waals surface area (Å²) in [5.74, 6) is -5.04. The highest BCUT2D eigenvalue weighted by molar-refractivity contribution is 5.75. The molecule has 0 aliphatic heterocycles. The van der Waals surface area contributed by atoms with Gasteiger partial charge >= 0.3 is 11.8 Å². The summed E-state index contributed by atoms with van der Waals surface area (Å²) in [6.07, 6.45) is -0.539. The van der Waals surface area contributed by atoms with E-state index in [1.807, 2.05) is 0 Å². The van der Waals surface area contributed by atoms with Crippen molar-refractivity contribution in [3.05, 3.63) is 35.9 Å². The number of carboxylic acid groups (broad SMARTS) is 1. The van der Waals surface area contributed by atoms with Crippen molar-refractivity contribution >= 4 is 5.97 Å². The van der Waals surface area contributed by atoms with Crippen LogP contribution in [0.25, 0.3) is 0 Å². The number of aliphatic hydroxyl groups is 1. The molecule has 0 bridgehead atoms. The summed E-state index contributed by atoms with van der Waals surface area (Å²) in [5.41, 5.74) is 0.440. The van der Waals surface area contributed by atoms with Crippen molar-refractivity contribution in [1.82, 2.24) is 0 Å². The second kappa shape index (κ2) is 3.53. The van der Waals surface area contributed by atoms with E-state index in [0.717, 1.165) is 0 Å².